The first-order valence-electron chi connectivity index (χ1n) is 35.0. The van der Waals surface area contributed by atoms with Crippen molar-refractivity contribution in [1.82, 2.24) is 64.9 Å². The van der Waals surface area contributed by atoms with E-state index in [2.05, 4.69) is 16.0 Å². The van der Waals surface area contributed by atoms with Gasteiger partial charge in [-0.3, -0.25) is 91.5 Å². The van der Waals surface area contributed by atoms with Crippen molar-refractivity contribution >= 4 is 89.0 Å². The summed E-state index contributed by atoms with van der Waals surface area (Å²) in [5.41, 5.74) is 35.9. The molecule has 9 amide bonds. The molecule has 40 nitrogen and oxygen atoms in total. The van der Waals surface area contributed by atoms with Crippen LogP contribution in [0.3, 0.4) is 0 Å². The molecule has 3 saturated heterocycles. The summed E-state index contributed by atoms with van der Waals surface area (Å²) in [4.78, 5) is 206. The Balaban J connectivity index is 1.83. The molecule has 0 aliphatic carbocycles. The highest BCUT2D eigenvalue weighted by atomic mass is 16.4. The maximum atomic E-state index is 13.8. The quantitative estimate of drug-likeness (QED) is 0.0290. The summed E-state index contributed by atoms with van der Waals surface area (Å²) in [7, 11) is 0. The Morgan fingerprint density at radius 1 is 0.262 bits per heavy atom. The number of nitrogens with one attached hydrogen (secondary N) is 3. The number of rotatable bonds is 33. The zero-order valence-electron chi connectivity index (χ0n) is 58.9. The fraction of sp³-hybridized carbons (Fsp3) is 0.762. The molecule has 0 aromatic heterocycles. The Bertz CT molecular complexity index is 2540. The van der Waals surface area contributed by atoms with Gasteiger partial charge in [-0.1, -0.05) is 19.3 Å². The van der Waals surface area contributed by atoms with Crippen LogP contribution >= 0.6 is 0 Å². The van der Waals surface area contributed by atoms with E-state index in [4.69, 9.17) is 34.4 Å². The normalized spacial score (nSPS) is 18.6. The van der Waals surface area contributed by atoms with Gasteiger partial charge >= 0.3 is 35.8 Å². The molecule has 0 spiro atoms. The fourth-order valence-electron chi connectivity index (χ4n) is 12.0. The van der Waals surface area contributed by atoms with E-state index in [-0.39, 0.29) is 157 Å². The Kier molecular flexibility index (Phi) is 41.3. The monoisotopic (exact) mass is 1470 g/mol. The van der Waals surface area contributed by atoms with Crippen molar-refractivity contribution in [2.24, 2.45) is 34.4 Å². The molecule has 3 aliphatic heterocycles. The Morgan fingerprint density at radius 2 is 0.437 bits per heavy atom. The number of carboxylic acids is 6. The molecule has 3 rings (SSSR count). The van der Waals surface area contributed by atoms with Crippen molar-refractivity contribution in [2.45, 2.75) is 133 Å². The summed E-state index contributed by atoms with van der Waals surface area (Å²) < 4.78 is 0. The van der Waals surface area contributed by atoms with Crippen LogP contribution in [0.5, 0.6) is 0 Å². The van der Waals surface area contributed by atoms with E-state index in [1.54, 1.807) is 0 Å². The predicted molar refractivity (Wildman–Crippen MR) is 367 cm³/mol. The van der Waals surface area contributed by atoms with Crippen LogP contribution in [0.4, 0.5) is 0 Å². The molecule has 6 atom stereocenters. The molecule has 0 aromatic rings. The number of amides is 9. The summed E-state index contributed by atoms with van der Waals surface area (Å²) in [5, 5.41) is 64.9. The van der Waals surface area contributed by atoms with Gasteiger partial charge in [-0.05, 0) is 58.2 Å². The number of carboxylic acid groups (broad SMARTS) is 6. The standard InChI is InChI=1S/C63H111N19O21/c64-43(34-52(86)87)58(98)77-16-7-1-4-13-74(22-25-80(31-28-77)61(101)46(67)37-55(92)93)40-49(83)70-10-19-73(20-11-71-50(84)41-75-14-5-2-8-17-78(59(99)44(65)35-53(88)89)29-32-81(26-23-75)62(102)47(68)38-56(94)95)21-12-72-51(85)42-76-15-6-3-9-18-79(60(100)45(66)36-54(90)91)30-33-82(27-24-76)63(103)48(69)39-57(96)97/h43-48H,1-42,64-69H2,(H,70,83)(H,71,84)(H,72,85)(H,86,87)(H,88,89)(H,90,91)(H,92,93)(H,94,95)(H,96,97)/t43-,44-,45-,46-,47-,48-/m0/s1. The van der Waals surface area contributed by atoms with Crippen LogP contribution < -0.4 is 50.4 Å². The predicted octanol–water partition coefficient (Wildman–Crippen LogP) is -8.12. The van der Waals surface area contributed by atoms with E-state index in [1.165, 1.54) is 29.4 Å². The summed E-state index contributed by atoms with van der Waals surface area (Å²) in [5.74, 6) is -13.0. The molecule has 21 N–H and O–H groups in total. The molecule has 0 aromatic carbocycles. The molecule has 0 bridgehead atoms. The number of nitrogens with two attached hydrogens (primary N) is 6. The van der Waals surface area contributed by atoms with Gasteiger partial charge in [0, 0.05) is 137 Å². The highest BCUT2D eigenvalue weighted by Gasteiger charge is 2.33. The molecule has 0 unspecified atom stereocenters. The highest BCUT2D eigenvalue weighted by molar-refractivity contribution is 5.90. The maximum absolute atomic E-state index is 13.8. The molecule has 3 fully saturated rings. The smallest absolute Gasteiger partial charge is 0.305 e. The van der Waals surface area contributed by atoms with Gasteiger partial charge in [0.05, 0.1) is 94.4 Å². The van der Waals surface area contributed by atoms with Crippen molar-refractivity contribution in [2.75, 3.05) is 177 Å². The first-order chi connectivity index (χ1) is 48.7. The Labute approximate surface area is 598 Å². The second kappa shape index (κ2) is 47.8. The first kappa shape index (κ1) is 88.9. The van der Waals surface area contributed by atoms with Gasteiger partial charge in [0.2, 0.25) is 53.2 Å². The topological polar surface area (TPSA) is 602 Å². The van der Waals surface area contributed by atoms with E-state index >= 15 is 0 Å². The fourth-order valence-corrected chi connectivity index (χ4v) is 12.0. The van der Waals surface area contributed by atoms with Crippen molar-refractivity contribution in [3.63, 3.8) is 0 Å². The molecule has 0 saturated carbocycles. The SMILES string of the molecule is N[C@@H](CC(=O)O)C(=O)N1CCCCCN(CC(=O)NCCN(CCNC(=O)CN2CCCCCN(C(=O)[C@@H](N)CC(=O)O)CCN(C(=O)[C@@H](N)CC(=O)O)CC2)CCNC(=O)CN2CCCCCN(C(=O)[C@@H](N)CC(=O)O)CCN(C(=O)[C@@H](N)CC(=O)O)CC2)CCN(C(=O)[C@@H](N)CC(=O)O)CC1. The summed E-state index contributed by atoms with van der Waals surface area (Å²) in [6.45, 7) is 1.80. The van der Waals surface area contributed by atoms with Gasteiger partial charge in [0.1, 0.15) is 0 Å². The minimum absolute atomic E-state index is 0.0280. The lowest BCUT2D eigenvalue weighted by atomic mass is 10.1. The zero-order chi connectivity index (χ0) is 76.7. The van der Waals surface area contributed by atoms with E-state index in [1.807, 2.05) is 19.6 Å². The molecule has 103 heavy (non-hydrogen) atoms. The van der Waals surface area contributed by atoms with Crippen LogP contribution in [0.1, 0.15) is 96.3 Å². The van der Waals surface area contributed by atoms with Crippen molar-refractivity contribution in [3.8, 4) is 0 Å². The third-order valence-electron chi connectivity index (χ3n) is 17.7. The Hall–Kier alpha value is -8.35. The average molecular weight is 1470 g/mol. The highest BCUT2D eigenvalue weighted by Crippen LogP contribution is 2.14. The van der Waals surface area contributed by atoms with E-state index in [0.29, 0.717) is 77.4 Å². The number of carbonyl (C=O) groups is 15. The maximum Gasteiger partial charge on any atom is 0.305 e. The van der Waals surface area contributed by atoms with Crippen molar-refractivity contribution in [3.05, 3.63) is 0 Å². The van der Waals surface area contributed by atoms with Crippen LogP contribution in [0.15, 0.2) is 0 Å². The van der Waals surface area contributed by atoms with E-state index < -0.39 is 164 Å². The van der Waals surface area contributed by atoms with Crippen molar-refractivity contribution in [1.29, 1.82) is 0 Å². The molecule has 40 heteroatoms. The summed E-state index contributed by atoms with van der Waals surface area (Å²) in [6.07, 6.45) is 0.889. The molecule has 3 aliphatic rings. The van der Waals surface area contributed by atoms with E-state index in [0.717, 1.165) is 0 Å². The largest absolute Gasteiger partial charge is 0.481 e. The molecular formula is C63H111N19O21. The number of aliphatic carboxylic acids is 6. The minimum Gasteiger partial charge on any atom is -0.481 e. The second-order valence-corrected chi connectivity index (χ2v) is 26.1. The lowest BCUT2D eigenvalue weighted by Gasteiger charge is -2.33. The average Bonchev–Trinajstić information content (AvgIpc) is 0.879. The van der Waals surface area contributed by atoms with Gasteiger partial charge in [0.25, 0.3) is 0 Å². The van der Waals surface area contributed by atoms with Gasteiger partial charge in [-0.15, -0.1) is 0 Å². The molecule has 0 radical (unpaired) electrons. The second-order valence-electron chi connectivity index (χ2n) is 26.1. The van der Waals surface area contributed by atoms with Gasteiger partial charge < -0.3 is 110 Å². The van der Waals surface area contributed by atoms with Crippen LogP contribution in [-0.2, 0) is 71.9 Å². The van der Waals surface area contributed by atoms with Crippen LogP contribution in [0.2, 0.25) is 0 Å². The Morgan fingerprint density at radius 3 is 0.631 bits per heavy atom. The number of nitrogens with zero attached hydrogens (tertiary/aromatic N) is 10. The number of carbonyl (C=O) groups excluding carboxylic acids is 9. The first-order valence-corrected chi connectivity index (χ1v) is 35.0. The van der Waals surface area contributed by atoms with Crippen molar-refractivity contribution < 1.29 is 103 Å². The van der Waals surface area contributed by atoms with Gasteiger partial charge in [0.15, 0.2) is 0 Å². The van der Waals surface area contributed by atoms with E-state index in [9.17, 15) is 103 Å². The summed E-state index contributed by atoms with van der Waals surface area (Å²) in [6, 6.07) is -8.35. The minimum atomic E-state index is -1.44. The number of hydrogen-bond donors (Lipinski definition) is 15. The number of hydrogen-bond acceptors (Lipinski definition) is 25. The lowest BCUT2D eigenvalue weighted by Crippen LogP contribution is -2.53. The van der Waals surface area contributed by atoms with Crippen LogP contribution in [-0.4, -0.2) is 382 Å². The van der Waals surface area contributed by atoms with Gasteiger partial charge in [-0.25, -0.2) is 0 Å². The molecule has 584 valence electrons. The van der Waals surface area contributed by atoms with Crippen LogP contribution in [0, 0.1) is 0 Å². The summed E-state index contributed by atoms with van der Waals surface area (Å²) >= 11 is 0. The molecule has 3 heterocycles. The molecular weight excluding hydrogens is 1360 g/mol. The van der Waals surface area contributed by atoms with Gasteiger partial charge in [-0.2, -0.15) is 0 Å². The zero-order valence-corrected chi connectivity index (χ0v) is 58.9. The lowest BCUT2D eigenvalue weighted by molar-refractivity contribution is -0.143. The van der Waals surface area contributed by atoms with Crippen LogP contribution in [0.25, 0.3) is 0 Å². The third kappa shape index (κ3) is 36.1. The third-order valence-corrected chi connectivity index (χ3v) is 17.7.